The van der Waals surface area contributed by atoms with E-state index in [-0.39, 0.29) is 23.1 Å². The molecule has 3 heterocycles. The largest absolute Gasteiger partial charge is 0.335 e. The number of carbonyl (C=O) groups is 1. The molecule has 8 nitrogen and oxygen atoms in total. The smallest absolute Gasteiger partial charge is 0.267 e. The number of amides is 1. The molecule has 0 spiro atoms. The predicted octanol–water partition coefficient (Wildman–Crippen LogP) is 1.76. The summed E-state index contributed by atoms with van der Waals surface area (Å²) in [7, 11) is 1.70. The third kappa shape index (κ3) is 3.14. The van der Waals surface area contributed by atoms with E-state index in [2.05, 4.69) is 15.1 Å². The van der Waals surface area contributed by atoms with Gasteiger partial charge in [-0.05, 0) is 24.6 Å². The first-order valence-corrected chi connectivity index (χ1v) is 9.49. The van der Waals surface area contributed by atoms with E-state index < -0.39 is 0 Å². The zero-order valence-electron chi connectivity index (χ0n) is 14.9. The molecule has 1 amide bonds. The molecule has 2 aromatic heterocycles. The van der Waals surface area contributed by atoms with E-state index in [9.17, 15) is 9.59 Å². The van der Waals surface area contributed by atoms with Crippen molar-refractivity contribution in [1.82, 2.24) is 29.2 Å². The number of benzene rings is 1. The van der Waals surface area contributed by atoms with Crippen molar-refractivity contribution in [2.45, 2.75) is 24.7 Å². The number of hydrogen-bond donors (Lipinski definition) is 0. The first-order valence-electron chi connectivity index (χ1n) is 8.51. The summed E-state index contributed by atoms with van der Waals surface area (Å²) in [6.45, 7) is 2.52. The summed E-state index contributed by atoms with van der Waals surface area (Å²) in [6, 6.07) is 7.52. The summed E-state index contributed by atoms with van der Waals surface area (Å²) in [5.74, 6) is 0.483. The zero-order valence-corrected chi connectivity index (χ0v) is 15.8. The van der Waals surface area contributed by atoms with Crippen molar-refractivity contribution in [1.29, 1.82) is 0 Å². The SMILES string of the molecule is CC(c1ccc(-n2cncn2)cc1)N(C)C(=O)c1cnc2n(c1=O)CCS2. The Hall–Kier alpha value is -2.94. The van der Waals surface area contributed by atoms with Crippen LogP contribution in [0.15, 0.2) is 53.1 Å². The fourth-order valence-corrected chi connectivity index (χ4v) is 3.91. The molecular weight excluding hydrogens is 364 g/mol. The Kier molecular flexibility index (Phi) is 4.53. The minimum absolute atomic E-state index is 0.106. The molecule has 1 aliphatic rings. The van der Waals surface area contributed by atoms with Crippen LogP contribution in [0.1, 0.15) is 28.9 Å². The topological polar surface area (TPSA) is 85.9 Å². The molecule has 1 aromatic carbocycles. The van der Waals surface area contributed by atoms with Gasteiger partial charge in [-0.3, -0.25) is 14.2 Å². The van der Waals surface area contributed by atoms with E-state index in [1.165, 1.54) is 24.3 Å². The minimum Gasteiger partial charge on any atom is -0.335 e. The highest BCUT2D eigenvalue weighted by Gasteiger charge is 2.25. The predicted molar refractivity (Wildman–Crippen MR) is 101 cm³/mol. The van der Waals surface area contributed by atoms with Crippen LogP contribution in [0, 0.1) is 0 Å². The molecule has 0 aliphatic carbocycles. The lowest BCUT2D eigenvalue weighted by Crippen LogP contribution is -2.36. The van der Waals surface area contributed by atoms with Gasteiger partial charge in [-0.15, -0.1) is 0 Å². The van der Waals surface area contributed by atoms with Gasteiger partial charge >= 0.3 is 0 Å². The molecule has 0 saturated carbocycles. The summed E-state index contributed by atoms with van der Waals surface area (Å²) >= 11 is 1.53. The molecule has 1 unspecified atom stereocenters. The Labute approximate surface area is 159 Å². The van der Waals surface area contributed by atoms with E-state index in [4.69, 9.17) is 0 Å². The first-order chi connectivity index (χ1) is 13.1. The second-order valence-electron chi connectivity index (χ2n) is 6.28. The van der Waals surface area contributed by atoms with E-state index in [1.807, 2.05) is 31.2 Å². The van der Waals surface area contributed by atoms with Crippen molar-refractivity contribution < 1.29 is 4.79 Å². The van der Waals surface area contributed by atoms with Crippen LogP contribution in [0.2, 0.25) is 0 Å². The number of carbonyl (C=O) groups excluding carboxylic acids is 1. The number of aromatic nitrogens is 5. The Bertz CT molecular complexity index is 1030. The summed E-state index contributed by atoms with van der Waals surface area (Å²) in [4.78, 5) is 35.2. The highest BCUT2D eigenvalue weighted by atomic mass is 32.2. The van der Waals surface area contributed by atoms with Gasteiger partial charge in [-0.2, -0.15) is 5.10 Å². The quantitative estimate of drug-likeness (QED) is 0.639. The average molecular weight is 382 g/mol. The Balaban J connectivity index is 1.56. The molecule has 0 fully saturated rings. The van der Waals surface area contributed by atoms with Crippen LogP contribution in [0.3, 0.4) is 0 Å². The van der Waals surface area contributed by atoms with Gasteiger partial charge in [0.1, 0.15) is 18.2 Å². The number of nitrogens with zero attached hydrogens (tertiary/aromatic N) is 6. The summed E-state index contributed by atoms with van der Waals surface area (Å²) in [5.41, 5.74) is 1.68. The van der Waals surface area contributed by atoms with Crippen LogP contribution in [0.25, 0.3) is 5.69 Å². The second-order valence-corrected chi connectivity index (χ2v) is 7.35. The van der Waals surface area contributed by atoms with Crippen LogP contribution < -0.4 is 5.56 Å². The van der Waals surface area contributed by atoms with Crippen LogP contribution in [-0.4, -0.2) is 47.9 Å². The maximum absolute atomic E-state index is 12.9. The Morgan fingerprint density at radius 2 is 2.07 bits per heavy atom. The molecule has 4 rings (SSSR count). The molecule has 1 atom stereocenters. The van der Waals surface area contributed by atoms with Crippen LogP contribution in [-0.2, 0) is 6.54 Å². The molecular formula is C18H18N6O2S. The third-order valence-corrected chi connectivity index (χ3v) is 5.72. The zero-order chi connectivity index (χ0) is 19.0. The van der Waals surface area contributed by atoms with Crippen LogP contribution in [0.4, 0.5) is 0 Å². The fourth-order valence-electron chi connectivity index (χ4n) is 3.00. The van der Waals surface area contributed by atoms with Gasteiger partial charge in [0.25, 0.3) is 11.5 Å². The molecule has 0 N–H and O–H groups in total. The first kappa shape index (κ1) is 17.5. The standard InChI is InChI=1S/C18H18N6O2S/c1-12(13-3-5-14(6-4-13)24-11-19-10-21-24)22(2)16(25)15-9-20-18-23(17(15)26)7-8-27-18/h3-6,9-12H,7-8H2,1-2H3. The molecule has 3 aromatic rings. The maximum atomic E-state index is 12.9. The van der Waals surface area contributed by atoms with Crippen molar-refractivity contribution in [2.24, 2.45) is 0 Å². The number of rotatable bonds is 4. The lowest BCUT2D eigenvalue weighted by atomic mass is 10.1. The highest BCUT2D eigenvalue weighted by Crippen LogP contribution is 2.23. The van der Waals surface area contributed by atoms with Crippen molar-refractivity contribution in [3.05, 3.63) is 64.6 Å². The molecule has 0 bridgehead atoms. The van der Waals surface area contributed by atoms with Crippen LogP contribution in [0.5, 0.6) is 0 Å². The van der Waals surface area contributed by atoms with Gasteiger partial charge < -0.3 is 4.90 Å². The minimum atomic E-state index is -0.326. The molecule has 1 aliphatic heterocycles. The monoisotopic (exact) mass is 382 g/mol. The average Bonchev–Trinajstić information content (AvgIpc) is 3.39. The van der Waals surface area contributed by atoms with Crippen LogP contribution >= 0.6 is 11.8 Å². The lowest BCUT2D eigenvalue weighted by molar-refractivity contribution is 0.0739. The van der Waals surface area contributed by atoms with Gasteiger partial charge in [0.15, 0.2) is 5.16 Å². The van der Waals surface area contributed by atoms with Gasteiger partial charge in [-0.25, -0.2) is 14.6 Å². The van der Waals surface area contributed by atoms with E-state index in [1.54, 1.807) is 27.5 Å². The van der Waals surface area contributed by atoms with E-state index in [0.29, 0.717) is 11.7 Å². The van der Waals surface area contributed by atoms with Gasteiger partial charge in [0.2, 0.25) is 0 Å². The van der Waals surface area contributed by atoms with Crippen molar-refractivity contribution >= 4 is 17.7 Å². The lowest BCUT2D eigenvalue weighted by Gasteiger charge is -2.25. The second kappa shape index (κ2) is 6.99. The van der Waals surface area contributed by atoms with E-state index in [0.717, 1.165) is 17.0 Å². The number of fused-ring (bicyclic) bond motifs is 1. The Morgan fingerprint density at radius 3 is 2.78 bits per heavy atom. The summed E-state index contributed by atoms with van der Waals surface area (Å²) < 4.78 is 3.24. The third-order valence-electron chi connectivity index (χ3n) is 4.75. The molecule has 0 saturated heterocycles. The van der Waals surface area contributed by atoms with Crippen molar-refractivity contribution in [3.63, 3.8) is 0 Å². The normalized spacial score (nSPS) is 14.0. The molecule has 9 heteroatoms. The fraction of sp³-hybridized carbons (Fsp3) is 0.278. The van der Waals surface area contributed by atoms with Gasteiger partial charge in [0.05, 0.1) is 11.7 Å². The summed E-state index contributed by atoms with van der Waals surface area (Å²) in [6.07, 6.45) is 4.50. The molecule has 27 heavy (non-hydrogen) atoms. The van der Waals surface area contributed by atoms with Gasteiger partial charge in [-0.1, -0.05) is 23.9 Å². The van der Waals surface area contributed by atoms with Crippen molar-refractivity contribution in [3.8, 4) is 5.69 Å². The number of thioether (sulfide) groups is 1. The maximum Gasteiger partial charge on any atom is 0.267 e. The molecule has 138 valence electrons. The Morgan fingerprint density at radius 1 is 1.30 bits per heavy atom. The highest BCUT2D eigenvalue weighted by molar-refractivity contribution is 7.99. The number of hydrogen-bond acceptors (Lipinski definition) is 6. The summed E-state index contributed by atoms with van der Waals surface area (Å²) in [5, 5.41) is 4.77. The van der Waals surface area contributed by atoms with E-state index >= 15 is 0 Å². The van der Waals surface area contributed by atoms with Gasteiger partial charge in [0, 0.05) is 25.5 Å². The molecule has 0 radical (unpaired) electrons. The van der Waals surface area contributed by atoms with Crippen molar-refractivity contribution in [2.75, 3.05) is 12.8 Å².